The van der Waals surface area contributed by atoms with Crippen LogP contribution in [0.15, 0.2) is 47.5 Å². The maximum Gasteiger partial charge on any atom is 0.227 e. The SMILES string of the molecule is NC=C(Nc1ncc(Br)cn1)c1ccccn1. The van der Waals surface area contributed by atoms with Crippen LogP contribution in [0, 0.1) is 0 Å². The van der Waals surface area contributed by atoms with E-state index in [1.807, 2.05) is 18.2 Å². The van der Waals surface area contributed by atoms with Crippen molar-refractivity contribution in [3.05, 3.63) is 53.2 Å². The molecule has 17 heavy (non-hydrogen) atoms. The summed E-state index contributed by atoms with van der Waals surface area (Å²) in [5, 5.41) is 3.00. The lowest BCUT2D eigenvalue weighted by atomic mass is 10.3. The van der Waals surface area contributed by atoms with E-state index in [9.17, 15) is 0 Å². The summed E-state index contributed by atoms with van der Waals surface area (Å²) in [5.41, 5.74) is 6.95. The molecule has 6 heteroatoms. The van der Waals surface area contributed by atoms with Gasteiger partial charge in [0.15, 0.2) is 0 Å². The predicted molar refractivity (Wildman–Crippen MR) is 69.8 cm³/mol. The van der Waals surface area contributed by atoms with Crippen LogP contribution in [0.4, 0.5) is 5.95 Å². The highest BCUT2D eigenvalue weighted by molar-refractivity contribution is 9.10. The Morgan fingerprint density at radius 1 is 1.24 bits per heavy atom. The molecule has 0 aliphatic rings. The average molecular weight is 292 g/mol. The molecular weight excluding hydrogens is 282 g/mol. The number of nitrogens with zero attached hydrogens (tertiary/aromatic N) is 3. The van der Waals surface area contributed by atoms with Crippen LogP contribution >= 0.6 is 15.9 Å². The lowest BCUT2D eigenvalue weighted by Gasteiger charge is -2.07. The van der Waals surface area contributed by atoms with Crippen molar-refractivity contribution in [3.63, 3.8) is 0 Å². The Kier molecular flexibility index (Phi) is 3.66. The monoisotopic (exact) mass is 291 g/mol. The van der Waals surface area contributed by atoms with Crippen molar-refractivity contribution in [1.82, 2.24) is 15.0 Å². The summed E-state index contributed by atoms with van der Waals surface area (Å²) < 4.78 is 0.819. The molecule has 2 aromatic rings. The molecule has 5 nitrogen and oxygen atoms in total. The zero-order chi connectivity index (χ0) is 12.1. The van der Waals surface area contributed by atoms with Crippen molar-refractivity contribution in [1.29, 1.82) is 0 Å². The zero-order valence-corrected chi connectivity index (χ0v) is 10.4. The van der Waals surface area contributed by atoms with Gasteiger partial charge >= 0.3 is 0 Å². The van der Waals surface area contributed by atoms with E-state index >= 15 is 0 Å². The van der Waals surface area contributed by atoms with Crippen LogP contribution in [-0.2, 0) is 0 Å². The van der Waals surface area contributed by atoms with Gasteiger partial charge in [-0.05, 0) is 28.1 Å². The van der Waals surface area contributed by atoms with Gasteiger partial charge in [-0.25, -0.2) is 9.97 Å². The molecule has 2 aromatic heterocycles. The number of nitrogens with one attached hydrogen (secondary N) is 1. The van der Waals surface area contributed by atoms with Gasteiger partial charge in [0.1, 0.15) is 0 Å². The fourth-order valence-corrected chi connectivity index (χ4v) is 1.42. The number of pyridine rings is 1. The number of hydrogen-bond donors (Lipinski definition) is 2. The van der Waals surface area contributed by atoms with Crippen molar-refractivity contribution in [2.24, 2.45) is 5.73 Å². The van der Waals surface area contributed by atoms with Gasteiger partial charge < -0.3 is 11.1 Å². The minimum Gasteiger partial charge on any atom is -0.403 e. The second-order valence-corrected chi connectivity index (χ2v) is 4.06. The summed E-state index contributed by atoms with van der Waals surface area (Å²) in [5.74, 6) is 0.468. The summed E-state index contributed by atoms with van der Waals surface area (Å²) in [6.45, 7) is 0. The highest BCUT2D eigenvalue weighted by Crippen LogP contribution is 2.13. The first-order valence-corrected chi connectivity index (χ1v) is 5.67. The standard InChI is InChI=1S/C11H10BrN5/c12-8-6-15-11(16-7-8)17-10(5-13)9-3-1-2-4-14-9/h1-7H,13H2,(H,15,16,17). The molecule has 0 aliphatic heterocycles. The van der Waals surface area contributed by atoms with E-state index in [1.54, 1.807) is 18.6 Å². The molecule has 2 rings (SSSR count). The smallest absolute Gasteiger partial charge is 0.227 e. The number of halogens is 1. The van der Waals surface area contributed by atoms with Gasteiger partial charge in [-0.15, -0.1) is 0 Å². The Morgan fingerprint density at radius 2 is 2.00 bits per heavy atom. The summed E-state index contributed by atoms with van der Waals surface area (Å²) in [7, 11) is 0. The van der Waals surface area contributed by atoms with Gasteiger partial charge in [0.25, 0.3) is 0 Å². The van der Waals surface area contributed by atoms with E-state index in [2.05, 4.69) is 36.2 Å². The Labute approximate surface area is 107 Å². The van der Waals surface area contributed by atoms with Crippen molar-refractivity contribution in [2.75, 3.05) is 5.32 Å². The van der Waals surface area contributed by atoms with Gasteiger partial charge in [0.2, 0.25) is 5.95 Å². The molecule has 0 bridgehead atoms. The number of nitrogens with two attached hydrogens (primary N) is 1. The summed E-state index contributed by atoms with van der Waals surface area (Å²) in [6, 6.07) is 5.58. The highest BCUT2D eigenvalue weighted by atomic mass is 79.9. The Hall–Kier alpha value is -1.95. The third-order valence-electron chi connectivity index (χ3n) is 1.97. The Morgan fingerprint density at radius 3 is 2.59 bits per heavy atom. The Bertz CT molecular complexity index is 509. The molecule has 0 spiro atoms. The van der Waals surface area contributed by atoms with Gasteiger partial charge in [-0.3, -0.25) is 4.98 Å². The van der Waals surface area contributed by atoms with Gasteiger partial charge in [0.05, 0.1) is 15.9 Å². The average Bonchev–Trinajstić information content (AvgIpc) is 2.39. The van der Waals surface area contributed by atoms with Crippen LogP contribution in [0.2, 0.25) is 0 Å². The molecule has 0 fully saturated rings. The normalized spacial score (nSPS) is 11.2. The first-order valence-electron chi connectivity index (χ1n) is 4.87. The van der Waals surface area contributed by atoms with E-state index in [4.69, 9.17) is 5.73 Å². The molecule has 0 saturated heterocycles. The van der Waals surface area contributed by atoms with Crippen molar-refractivity contribution >= 4 is 27.6 Å². The van der Waals surface area contributed by atoms with E-state index < -0.39 is 0 Å². The minimum atomic E-state index is 0.468. The fourth-order valence-electron chi connectivity index (χ4n) is 1.21. The molecule has 0 atom stereocenters. The van der Waals surface area contributed by atoms with Crippen molar-refractivity contribution in [2.45, 2.75) is 0 Å². The minimum absolute atomic E-state index is 0.468. The first-order chi connectivity index (χ1) is 8.29. The van der Waals surface area contributed by atoms with Gasteiger partial charge in [-0.2, -0.15) is 0 Å². The van der Waals surface area contributed by atoms with Crippen LogP contribution < -0.4 is 11.1 Å². The van der Waals surface area contributed by atoms with Gasteiger partial charge in [-0.1, -0.05) is 6.07 Å². The molecule has 0 amide bonds. The number of anilines is 1. The molecule has 0 unspecified atom stereocenters. The molecule has 0 saturated carbocycles. The van der Waals surface area contributed by atoms with Gasteiger partial charge in [0, 0.05) is 24.8 Å². The summed E-state index contributed by atoms with van der Waals surface area (Å²) in [6.07, 6.45) is 6.44. The van der Waals surface area contributed by atoms with Crippen molar-refractivity contribution < 1.29 is 0 Å². The Balaban J connectivity index is 2.19. The number of rotatable bonds is 3. The molecule has 86 valence electrons. The van der Waals surface area contributed by atoms with Crippen LogP contribution in [-0.4, -0.2) is 15.0 Å². The molecule has 0 aliphatic carbocycles. The maximum atomic E-state index is 5.55. The molecule has 3 N–H and O–H groups in total. The van der Waals surface area contributed by atoms with Crippen LogP contribution in [0.5, 0.6) is 0 Å². The third-order valence-corrected chi connectivity index (χ3v) is 2.38. The lowest BCUT2D eigenvalue weighted by Crippen LogP contribution is -2.05. The van der Waals surface area contributed by atoms with E-state index in [0.29, 0.717) is 11.6 Å². The molecule has 2 heterocycles. The predicted octanol–water partition coefficient (Wildman–Crippen LogP) is 2.00. The second-order valence-electron chi connectivity index (χ2n) is 3.15. The topological polar surface area (TPSA) is 76.7 Å². The first kappa shape index (κ1) is 11.5. The van der Waals surface area contributed by atoms with E-state index in [1.165, 1.54) is 6.20 Å². The maximum absolute atomic E-state index is 5.55. The van der Waals surface area contributed by atoms with E-state index in [-0.39, 0.29) is 0 Å². The quantitative estimate of drug-likeness (QED) is 0.905. The van der Waals surface area contributed by atoms with Crippen LogP contribution in [0.3, 0.4) is 0 Å². The van der Waals surface area contributed by atoms with Crippen molar-refractivity contribution in [3.8, 4) is 0 Å². The summed E-state index contributed by atoms with van der Waals surface area (Å²) in [4.78, 5) is 12.4. The number of aromatic nitrogens is 3. The molecular formula is C11H10BrN5. The fraction of sp³-hybridized carbons (Fsp3) is 0. The van der Waals surface area contributed by atoms with Crippen LogP contribution in [0.25, 0.3) is 5.70 Å². The summed E-state index contributed by atoms with van der Waals surface area (Å²) >= 11 is 3.27. The number of hydrogen-bond acceptors (Lipinski definition) is 5. The lowest BCUT2D eigenvalue weighted by molar-refractivity contribution is 1.14. The third kappa shape index (κ3) is 3.01. The zero-order valence-electron chi connectivity index (χ0n) is 8.84. The molecule has 0 radical (unpaired) electrons. The molecule has 0 aromatic carbocycles. The van der Waals surface area contributed by atoms with E-state index in [0.717, 1.165) is 10.2 Å². The largest absolute Gasteiger partial charge is 0.403 e. The second kappa shape index (κ2) is 5.40. The highest BCUT2D eigenvalue weighted by Gasteiger charge is 2.03. The van der Waals surface area contributed by atoms with Crippen LogP contribution in [0.1, 0.15) is 5.69 Å².